The molecule has 222 valence electrons. The quantitative estimate of drug-likeness (QED) is 0.263. The van der Waals surface area contributed by atoms with Gasteiger partial charge in [-0.05, 0) is 67.2 Å². The Hall–Kier alpha value is -3.09. The maximum absolute atomic E-state index is 14.6. The van der Waals surface area contributed by atoms with Crippen LogP contribution in [-0.2, 0) is 22.5 Å². The van der Waals surface area contributed by atoms with Crippen molar-refractivity contribution in [2.24, 2.45) is 11.8 Å². The lowest BCUT2D eigenvalue weighted by Crippen LogP contribution is -2.39. The smallest absolute Gasteiger partial charge is 0.202 e. The van der Waals surface area contributed by atoms with E-state index in [9.17, 15) is 4.79 Å². The number of hydrogen-bond acceptors (Lipinski definition) is 6. The zero-order valence-electron chi connectivity index (χ0n) is 25.0. The predicted molar refractivity (Wildman–Crippen MR) is 172 cm³/mol. The Labute approximate surface area is 255 Å². The number of benzene rings is 2. The Balaban J connectivity index is 1.22. The molecule has 0 radical (unpaired) electrons. The number of thiophene rings is 1. The molecule has 3 heterocycles. The molecular weight excluding hydrogens is 538 g/mol. The fourth-order valence-corrected chi connectivity index (χ4v) is 7.69. The number of carbonyl (C=O) groups is 1. The standard InChI is InChI=1S/C36H45N3O2S/c1-28-10-8-16-34(39-24-23-37(27-39)26-32-15-9-25-42-32)36(35(40)33(28)18-17-29-11-4-2-5-12-29)41-31-19-21-38(22-20-31)30-13-6-3-7-14-30/h2-7,9,11-15,25,28,31,33H,8,10,16-24,26-27H2,1H3/b36-34-. The number of anilines is 1. The third kappa shape index (κ3) is 7.09. The van der Waals surface area contributed by atoms with E-state index in [4.69, 9.17) is 4.74 Å². The van der Waals surface area contributed by atoms with Gasteiger partial charge in [0, 0.05) is 62.0 Å². The summed E-state index contributed by atoms with van der Waals surface area (Å²) in [7, 11) is 0. The van der Waals surface area contributed by atoms with Crippen LogP contribution in [0.25, 0.3) is 0 Å². The molecule has 0 saturated carbocycles. The van der Waals surface area contributed by atoms with Crippen LogP contribution in [-0.4, -0.2) is 54.5 Å². The number of Topliss-reactive ketones (excluding diaryl/α,β-unsaturated/α-hetero) is 1. The summed E-state index contributed by atoms with van der Waals surface area (Å²) in [5, 5.41) is 2.16. The number of piperidine rings is 1. The van der Waals surface area contributed by atoms with E-state index in [0.29, 0.717) is 11.7 Å². The van der Waals surface area contributed by atoms with Crippen LogP contribution in [0.3, 0.4) is 0 Å². The molecule has 6 heteroatoms. The lowest BCUT2D eigenvalue weighted by molar-refractivity contribution is -0.126. The molecule has 2 unspecified atom stereocenters. The van der Waals surface area contributed by atoms with Gasteiger partial charge in [0.05, 0.1) is 12.4 Å². The Bertz CT molecular complexity index is 1300. The number of carbonyl (C=O) groups excluding carboxylic acids is 1. The van der Waals surface area contributed by atoms with Crippen LogP contribution in [0.1, 0.15) is 55.9 Å². The lowest BCUT2D eigenvalue weighted by atomic mass is 9.79. The normalized spacial score (nSPS) is 24.5. The second-order valence-corrected chi connectivity index (χ2v) is 13.3. The minimum atomic E-state index is -0.00950. The van der Waals surface area contributed by atoms with Crippen molar-refractivity contribution >= 4 is 22.8 Å². The molecule has 5 nitrogen and oxygen atoms in total. The predicted octanol–water partition coefficient (Wildman–Crippen LogP) is 7.36. The summed E-state index contributed by atoms with van der Waals surface area (Å²) in [6.07, 6.45) is 6.87. The monoisotopic (exact) mass is 583 g/mol. The van der Waals surface area contributed by atoms with E-state index in [0.717, 1.165) is 90.0 Å². The summed E-state index contributed by atoms with van der Waals surface area (Å²) in [5.41, 5.74) is 3.75. The highest BCUT2D eigenvalue weighted by atomic mass is 32.1. The van der Waals surface area contributed by atoms with E-state index in [1.54, 1.807) is 0 Å². The second-order valence-electron chi connectivity index (χ2n) is 12.3. The highest BCUT2D eigenvalue weighted by Crippen LogP contribution is 2.36. The van der Waals surface area contributed by atoms with Gasteiger partial charge in [0.1, 0.15) is 6.10 Å². The fraction of sp³-hybridized carbons (Fsp3) is 0.472. The Morgan fingerprint density at radius 1 is 0.857 bits per heavy atom. The SMILES string of the molecule is CC1CCC/C(N2CCN(Cc3cccs3)C2)=C(/OC2CCN(c3ccccc3)CC2)C(=O)C1CCc1ccccc1. The summed E-state index contributed by atoms with van der Waals surface area (Å²) in [4.78, 5) is 23.4. The molecule has 2 aliphatic heterocycles. The summed E-state index contributed by atoms with van der Waals surface area (Å²) in [5.74, 6) is 1.28. The highest BCUT2D eigenvalue weighted by Gasteiger charge is 2.37. The van der Waals surface area contributed by atoms with Gasteiger partial charge in [-0.2, -0.15) is 0 Å². The fourth-order valence-electron chi connectivity index (χ4n) is 6.94. The number of ketones is 1. The van der Waals surface area contributed by atoms with Crippen LogP contribution in [0, 0.1) is 11.8 Å². The molecule has 1 aromatic heterocycles. The van der Waals surface area contributed by atoms with Gasteiger partial charge in [-0.1, -0.05) is 61.5 Å². The highest BCUT2D eigenvalue weighted by molar-refractivity contribution is 7.09. The van der Waals surface area contributed by atoms with Gasteiger partial charge < -0.3 is 14.5 Å². The molecular formula is C36H45N3O2S. The molecule has 2 aromatic carbocycles. The number of allylic oxidation sites excluding steroid dienone is 2. The van der Waals surface area contributed by atoms with E-state index >= 15 is 0 Å². The molecule has 1 aliphatic carbocycles. The summed E-state index contributed by atoms with van der Waals surface area (Å²) < 4.78 is 6.91. The first-order chi connectivity index (χ1) is 20.6. The third-order valence-electron chi connectivity index (χ3n) is 9.42. The summed E-state index contributed by atoms with van der Waals surface area (Å²) >= 11 is 1.82. The first kappa shape index (κ1) is 29.0. The van der Waals surface area contributed by atoms with Gasteiger partial charge >= 0.3 is 0 Å². The van der Waals surface area contributed by atoms with Gasteiger partial charge in [-0.25, -0.2) is 0 Å². The topological polar surface area (TPSA) is 36.0 Å². The molecule has 6 rings (SSSR count). The van der Waals surface area contributed by atoms with Gasteiger partial charge in [0.2, 0.25) is 5.78 Å². The minimum Gasteiger partial charge on any atom is -0.485 e. The van der Waals surface area contributed by atoms with Crippen molar-refractivity contribution in [3.05, 3.63) is 100 Å². The number of para-hydroxylation sites is 1. The number of nitrogens with zero attached hydrogens (tertiary/aromatic N) is 3. The number of hydrogen-bond donors (Lipinski definition) is 0. The minimum absolute atomic E-state index is 0.00950. The van der Waals surface area contributed by atoms with Crippen LogP contribution in [0.2, 0.25) is 0 Å². The average Bonchev–Trinajstić information content (AvgIpc) is 3.72. The van der Waals surface area contributed by atoms with Crippen molar-refractivity contribution in [3.63, 3.8) is 0 Å². The molecule has 0 amide bonds. The zero-order chi connectivity index (χ0) is 28.7. The van der Waals surface area contributed by atoms with Crippen molar-refractivity contribution in [2.45, 2.75) is 64.5 Å². The van der Waals surface area contributed by atoms with Gasteiger partial charge in [-0.3, -0.25) is 9.69 Å². The molecule has 0 bridgehead atoms. The third-order valence-corrected chi connectivity index (χ3v) is 10.3. The number of rotatable bonds is 9. The van der Waals surface area contributed by atoms with Crippen LogP contribution in [0.4, 0.5) is 5.69 Å². The Morgan fingerprint density at radius 2 is 1.62 bits per heavy atom. The molecule has 0 spiro atoms. The van der Waals surface area contributed by atoms with Crippen LogP contribution in [0.5, 0.6) is 0 Å². The van der Waals surface area contributed by atoms with Crippen LogP contribution >= 0.6 is 11.3 Å². The van der Waals surface area contributed by atoms with E-state index in [2.05, 4.69) is 99.8 Å². The Morgan fingerprint density at radius 3 is 2.36 bits per heavy atom. The van der Waals surface area contributed by atoms with Gasteiger partial charge in [-0.15, -0.1) is 11.3 Å². The largest absolute Gasteiger partial charge is 0.485 e. The van der Waals surface area contributed by atoms with E-state index in [1.165, 1.54) is 16.1 Å². The summed E-state index contributed by atoms with van der Waals surface area (Å²) in [6, 6.07) is 25.7. The van der Waals surface area contributed by atoms with E-state index in [1.807, 2.05) is 11.3 Å². The maximum Gasteiger partial charge on any atom is 0.202 e. The van der Waals surface area contributed by atoms with E-state index in [-0.39, 0.29) is 17.8 Å². The molecule has 2 atom stereocenters. The number of aryl methyl sites for hydroxylation is 1. The first-order valence-electron chi connectivity index (χ1n) is 15.9. The molecule has 42 heavy (non-hydrogen) atoms. The van der Waals surface area contributed by atoms with Crippen molar-refractivity contribution in [1.29, 1.82) is 0 Å². The van der Waals surface area contributed by atoms with Crippen molar-refractivity contribution < 1.29 is 9.53 Å². The first-order valence-corrected chi connectivity index (χ1v) is 16.8. The van der Waals surface area contributed by atoms with Crippen molar-refractivity contribution in [2.75, 3.05) is 37.7 Å². The average molecular weight is 584 g/mol. The Kier molecular flexibility index (Phi) is 9.61. The van der Waals surface area contributed by atoms with Crippen LogP contribution < -0.4 is 4.90 Å². The molecule has 2 fully saturated rings. The second kappa shape index (κ2) is 13.9. The van der Waals surface area contributed by atoms with Gasteiger partial charge in [0.25, 0.3) is 0 Å². The zero-order valence-corrected chi connectivity index (χ0v) is 25.8. The van der Waals surface area contributed by atoms with Crippen molar-refractivity contribution in [3.8, 4) is 0 Å². The van der Waals surface area contributed by atoms with Crippen molar-refractivity contribution in [1.82, 2.24) is 9.80 Å². The molecule has 3 aliphatic rings. The number of ether oxygens (including phenoxy) is 1. The summed E-state index contributed by atoms with van der Waals surface area (Å²) in [6.45, 7) is 8.01. The van der Waals surface area contributed by atoms with Gasteiger partial charge in [0.15, 0.2) is 5.76 Å². The van der Waals surface area contributed by atoms with Crippen LogP contribution in [0.15, 0.2) is 89.6 Å². The lowest BCUT2D eigenvalue weighted by Gasteiger charge is -2.37. The molecule has 3 aromatic rings. The molecule has 2 saturated heterocycles. The molecule has 0 N–H and O–H groups in total. The maximum atomic E-state index is 14.6. The van der Waals surface area contributed by atoms with E-state index < -0.39 is 0 Å².